The fourth-order valence-electron chi connectivity index (χ4n) is 2.41. The Balaban J connectivity index is 2.46. The fraction of sp³-hybridized carbons (Fsp3) is 0.500. The lowest BCUT2D eigenvalue weighted by Crippen LogP contribution is -2.48. The molecule has 4 heteroatoms. The van der Waals surface area contributed by atoms with Crippen molar-refractivity contribution in [2.75, 3.05) is 11.4 Å². The van der Waals surface area contributed by atoms with Crippen LogP contribution in [-0.2, 0) is 4.79 Å². The number of nitrogens with zero attached hydrogens (tertiary/aromatic N) is 1. The van der Waals surface area contributed by atoms with Crippen LogP contribution >= 0.6 is 0 Å². The highest BCUT2D eigenvalue weighted by Crippen LogP contribution is 2.36. The van der Waals surface area contributed by atoms with Crippen LogP contribution in [0.1, 0.15) is 44.5 Å². The quantitative estimate of drug-likeness (QED) is 0.793. The topological polar surface area (TPSA) is 46.6 Å². The summed E-state index contributed by atoms with van der Waals surface area (Å²) in [5, 5.41) is 0. The number of benzene rings is 1. The second kappa shape index (κ2) is 5.65. The Hall–Kier alpha value is -1.84. The number of hydrogen-bond acceptors (Lipinski definition) is 3. The van der Waals surface area contributed by atoms with Crippen LogP contribution in [0.3, 0.4) is 0 Å². The summed E-state index contributed by atoms with van der Waals surface area (Å²) in [5.74, 6) is 0.831. The minimum Gasteiger partial charge on any atom is -0.478 e. The van der Waals surface area contributed by atoms with Crippen molar-refractivity contribution in [3.8, 4) is 5.75 Å². The molecule has 0 fully saturated rings. The number of Topliss-reactive ketones (excluding diaryl/α,β-unsaturated/α-hetero) is 1. The lowest BCUT2D eigenvalue weighted by atomic mass is 10.0. The molecular formula is C16H21NO3. The number of hydrogen-bond donors (Lipinski definition) is 0. The molecule has 0 saturated carbocycles. The maximum absolute atomic E-state index is 12.4. The van der Waals surface area contributed by atoms with Crippen LogP contribution in [0.4, 0.5) is 5.69 Å². The first-order valence-electron chi connectivity index (χ1n) is 7.14. The van der Waals surface area contributed by atoms with Gasteiger partial charge in [0.25, 0.3) is 5.91 Å². The van der Waals surface area contributed by atoms with Gasteiger partial charge in [-0.05, 0) is 31.0 Å². The zero-order chi connectivity index (χ0) is 14.9. The third-order valence-corrected chi connectivity index (χ3v) is 3.58. The molecular weight excluding hydrogens is 254 g/mol. The number of likely N-dealkylation sites (N-methyl/N-ethyl adjacent to an activating group) is 1. The fourth-order valence-corrected chi connectivity index (χ4v) is 2.41. The highest BCUT2D eigenvalue weighted by Gasteiger charge is 2.35. The minimum atomic E-state index is -0.449. The summed E-state index contributed by atoms with van der Waals surface area (Å²) in [7, 11) is 0. The molecule has 1 aromatic carbocycles. The Morgan fingerprint density at radius 3 is 2.60 bits per heavy atom. The maximum atomic E-state index is 12.4. The van der Waals surface area contributed by atoms with Crippen molar-refractivity contribution in [3.05, 3.63) is 23.8 Å². The highest BCUT2D eigenvalue weighted by molar-refractivity contribution is 6.03. The molecule has 0 spiro atoms. The van der Waals surface area contributed by atoms with E-state index in [0.29, 0.717) is 30.0 Å². The first-order valence-corrected chi connectivity index (χ1v) is 7.14. The molecule has 1 aliphatic heterocycles. The Morgan fingerprint density at radius 2 is 2.05 bits per heavy atom. The Bertz CT molecular complexity index is 537. The molecule has 0 aromatic heterocycles. The zero-order valence-corrected chi connectivity index (χ0v) is 12.5. The predicted molar refractivity (Wildman–Crippen MR) is 78.3 cm³/mol. The van der Waals surface area contributed by atoms with Gasteiger partial charge in [-0.3, -0.25) is 9.59 Å². The summed E-state index contributed by atoms with van der Waals surface area (Å²) >= 11 is 0. The maximum Gasteiger partial charge on any atom is 0.268 e. The van der Waals surface area contributed by atoms with Crippen molar-refractivity contribution < 1.29 is 14.3 Å². The van der Waals surface area contributed by atoms with E-state index in [1.165, 1.54) is 0 Å². The third kappa shape index (κ3) is 2.42. The standard InChI is InChI=1S/C16H21NO3/c1-5-13(18)11-7-8-14-12(9-11)17(6-2)16(19)15(20-14)10(3)4/h7-10,15H,5-6H2,1-4H3. The summed E-state index contributed by atoms with van der Waals surface area (Å²) in [5.41, 5.74) is 1.33. The van der Waals surface area contributed by atoms with Crippen molar-refractivity contribution in [3.63, 3.8) is 0 Å². The van der Waals surface area contributed by atoms with E-state index in [-0.39, 0.29) is 17.6 Å². The lowest BCUT2D eigenvalue weighted by molar-refractivity contribution is -0.128. The number of carbonyl (C=O) groups excluding carboxylic acids is 2. The number of ether oxygens (including phenoxy) is 1. The van der Waals surface area contributed by atoms with Gasteiger partial charge in [0, 0.05) is 18.5 Å². The molecule has 0 bridgehead atoms. The van der Waals surface area contributed by atoms with Crippen LogP contribution in [0.2, 0.25) is 0 Å². The molecule has 0 aliphatic carbocycles. The van der Waals surface area contributed by atoms with Gasteiger partial charge in [-0.2, -0.15) is 0 Å². The van der Waals surface area contributed by atoms with Gasteiger partial charge in [0.05, 0.1) is 5.69 Å². The highest BCUT2D eigenvalue weighted by atomic mass is 16.5. The van der Waals surface area contributed by atoms with Crippen molar-refractivity contribution in [2.24, 2.45) is 5.92 Å². The molecule has 1 heterocycles. The normalized spacial score (nSPS) is 17.9. The molecule has 1 atom stereocenters. The smallest absolute Gasteiger partial charge is 0.268 e. The molecule has 0 radical (unpaired) electrons. The largest absolute Gasteiger partial charge is 0.478 e. The van der Waals surface area contributed by atoms with E-state index < -0.39 is 6.10 Å². The SMILES string of the molecule is CCC(=O)c1ccc2c(c1)N(CC)C(=O)C(C(C)C)O2. The molecule has 1 aliphatic rings. The summed E-state index contributed by atoms with van der Waals surface area (Å²) in [6.07, 6.45) is 0.00380. The van der Waals surface area contributed by atoms with Gasteiger partial charge < -0.3 is 9.64 Å². The molecule has 1 aromatic rings. The first kappa shape index (κ1) is 14.6. The van der Waals surface area contributed by atoms with Crippen LogP contribution < -0.4 is 9.64 Å². The Morgan fingerprint density at radius 1 is 1.35 bits per heavy atom. The predicted octanol–water partition coefficient (Wildman–Crippen LogP) is 3.05. The summed E-state index contributed by atoms with van der Waals surface area (Å²) < 4.78 is 5.80. The van der Waals surface area contributed by atoms with Crippen LogP contribution in [0.5, 0.6) is 5.75 Å². The third-order valence-electron chi connectivity index (χ3n) is 3.58. The number of fused-ring (bicyclic) bond motifs is 1. The van der Waals surface area contributed by atoms with Crippen molar-refractivity contribution >= 4 is 17.4 Å². The van der Waals surface area contributed by atoms with E-state index >= 15 is 0 Å². The van der Waals surface area contributed by atoms with Crippen molar-refractivity contribution in [1.82, 2.24) is 0 Å². The molecule has 4 nitrogen and oxygen atoms in total. The number of anilines is 1. The molecule has 0 N–H and O–H groups in total. The molecule has 20 heavy (non-hydrogen) atoms. The Kier molecular flexibility index (Phi) is 4.12. The van der Waals surface area contributed by atoms with Crippen LogP contribution in [0.15, 0.2) is 18.2 Å². The zero-order valence-electron chi connectivity index (χ0n) is 12.5. The van der Waals surface area contributed by atoms with Crippen LogP contribution in [0.25, 0.3) is 0 Å². The van der Waals surface area contributed by atoms with Gasteiger partial charge in [-0.25, -0.2) is 0 Å². The molecule has 2 rings (SSSR count). The summed E-state index contributed by atoms with van der Waals surface area (Å²) in [6, 6.07) is 5.33. The molecule has 108 valence electrons. The van der Waals surface area contributed by atoms with E-state index in [0.717, 1.165) is 0 Å². The first-order chi connectivity index (χ1) is 9.49. The Labute approximate surface area is 119 Å². The second-order valence-corrected chi connectivity index (χ2v) is 5.32. The average Bonchev–Trinajstić information content (AvgIpc) is 2.45. The minimum absolute atomic E-state index is 0.0314. The van der Waals surface area contributed by atoms with Gasteiger partial charge in [0.15, 0.2) is 11.9 Å². The lowest BCUT2D eigenvalue weighted by Gasteiger charge is -2.35. The molecule has 0 saturated heterocycles. The van der Waals surface area contributed by atoms with E-state index in [4.69, 9.17) is 4.74 Å². The van der Waals surface area contributed by atoms with E-state index in [1.807, 2.05) is 27.7 Å². The molecule has 1 unspecified atom stereocenters. The van der Waals surface area contributed by atoms with Crippen molar-refractivity contribution in [1.29, 1.82) is 0 Å². The van der Waals surface area contributed by atoms with Gasteiger partial charge in [0.1, 0.15) is 5.75 Å². The number of rotatable bonds is 4. The molecule has 1 amide bonds. The van der Waals surface area contributed by atoms with Crippen molar-refractivity contribution in [2.45, 2.75) is 40.2 Å². The van der Waals surface area contributed by atoms with Crippen LogP contribution in [-0.4, -0.2) is 24.3 Å². The number of amides is 1. The van der Waals surface area contributed by atoms with E-state index in [9.17, 15) is 9.59 Å². The average molecular weight is 275 g/mol. The van der Waals surface area contributed by atoms with E-state index in [1.54, 1.807) is 23.1 Å². The second-order valence-electron chi connectivity index (χ2n) is 5.32. The van der Waals surface area contributed by atoms with E-state index in [2.05, 4.69) is 0 Å². The van der Waals surface area contributed by atoms with Gasteiger partial charge in [-0.15, -0.1) is 0 Å². The number of carbonyl (C=O) groups is 2. The summed E-state index contributed by atoms with van der Waals surface area (Å²) in [4.78, 5) is 25.9. The number of ketones is 1. The van der Waals surface area contributed by atoms with Gasteiger partial charge in [-0.1, -0.05) is 20.8 Å². The van der Waals surface area contributed by atoms with Gasteiger partial charge >= 0.3 is 0 Å². The monoisotopic (exact) mass is 275 g/mol. The van der Waals surface area contributed by atoms with Crippen LogP contribution in [0, 0.1) is 5.92 Å². The van der Waals surface area contributed by atoms with Gasteiger partial charge in [0.2, 0.25) is 0 Å². The summed E-state index contributed by atoms with van der Waals surface area (Å²) in [6.45, 7) is 8.27.